The topological polar surface area (TPSA) is 35.2 Å². The van der Waals surface area contributed by atoms with Gasteiger partial charge in [0.25, 0.3) is 0 Å². The molecule has 2 nitrogen and oxygen atoms in total. The summed E-state index contributed by atoms with van der Waals surface area (Å²) < 4.78 is 6.06. The van der Waals surface area contributed by atoms with E-state index in [1.807, 2.05) is 25.1 Å². The van der Waals surface area contributed by atoms with Crippen LogP contribution in [0.2, 0.25) is 0 Å². The molecule has 1 fully saturated rings. The van der Waals surface area contributed by atoms with Gasteiger partial charge >= 0.3 is 0 Å². The lowest BCUT2D eigenvalue weighted by Crippen LogP contribution is -2.24. The highest BCUT2D eigenvalue weighted by Crippen LogP contribution is 2.30. The highest BCUT2D eigenvalue weighted by Gasteiger charge is 2.20. The van der Waals surface area contributed by atoms with Crippen molar-refractivity contribution in [3.05, 3.63) is 23.8 Å². The minimum absolute atomic E-state index is 0.379. The number of rotatable bonds is 2. The van der Waals surface area contributed by atoms with Crippen LogP contribution in [0.5, 0.6) is 5.75 Å². The lowest BCUT2D eigenvalue weighted by molar-refractivity contribution is 0.128. The summed E-state index contributed by atoms with van der Waals surface area (Å²) in [6.45, 7) is 4.33. The molecule has 1 aliphatic carbocycles. The fraction of sp³-hybridized carbons (Fsp3) is 0.571. The van der Waals surface area contributed by atoms with E-state index in [-0.39, 0.29) is 0 Å². The van der Waals surface area contributed by atoms with Gasteiger partial charge in [-0.05, 0) is 44.2 Å². The largest absolute Gasteiger partial charge is 0.490 e. The van der Waals surface area contributed by atoms with Crippen LogP contribution in [0.4, 0.5) is 5.69 Å². The summed E-state index contributed by atoms with van der Waals surface area (Å²) in [6.07, 6.45) is 5.36. The van der Waals surface area contributed by atoms with Gasteiger partial charge in [-0.3, -0.25) is 0 Å². The van der Waals surface area contributed by atoms with Gasteiger partial charge in [-0.25, -0.2) is 0 Å². The summed E-state index contributed by atoms with van der Waals surface area (Å²) in [6, 6.07) is 5.90. The second-order valence-corrected chi connectivity index (χ2v) is 4.98. The average molecular weight is 219 g/mol. The zero-order valence-corrected chi connectivity index (χ0v) is 10.2. The van der Waals surface area contributed by atoms with Crippen LogP contribution in [0.15, 0.2) is 18.2 Å². The first kappa shape index (κ1) is 11.3. The van der Waals surface area contributed by atoms with Crippen molar-refractivity contribution >= 4 is 5.69 Å². The Balaban J connectivity index is 2.05. The SMILES string of the molecule is Cc1c(N)cccc1OC1CCCC(C)C1. The second-order valence-electron chi connectivity index (χ2n) is 4.98. The molecule has 0 heterocycles. The molecule has 0 aromatic heterocycles. The van der Waals surface area contributed by atoms with Crippen molar-refractivity contribution in [1.82, 2.24) is 0 Å². The number of anilines is 1. The molecule has 0 amide bonds. The Morgan fingerprint density at radius 2 is 2.12 bits per heavy atom. The summed E-state index contributed by atoms with van der Waals surface area (Å²) in [4.78, 5) is 0. The number of benzene rings is 1. The van der Waals surface area contributed by atoms with Gasteiger partial charge < -0.3 is 10.5 Å². The van der Waals surface area contributed by atoms with Gasteiger partial charge in [0, 0.05) is 11.3 Å². The fourth-order valence-electron chi connectivity index (χ4n) is 2.42. The van der Waals surface area contributed by atoms with Gasteiger partial charge in [-0.2, -0.15) is 0 Å². The molecule has 1 aromatic carbocycles. The number of nitrogens with two attached hydrogens (primary N) is 1. The third kappa shape index (κ3) is 2.49. The van der Waals surface area contributed by atoms with E-state index in [9.17, 15) is 0 Å². The lowest BCUT2D eigenvalue weighted by Gasteiger charge is -2.28. The Kier molecular flexibility index (Phi) is 3.37. The quantitative estimate of drug-likeness (QED) is 0.772. The third-order valence-corrected chi connectivity index (χ3v) is 3.51. The fourth-order valence-corrected chi connectivity index (χ4v) is 2.42. The van der Waals surface area contributed by atoms with Gasteiger partial charge in [0.05, 0.1) is 6.10 Å². The van der Waals surface area contributed by atoms with E-state index in [1.54, 1.807) is 0 Å². The number of nitrogen functional groups attached to an aromatic ring is 1. The van der Waals surface area contributed by atoms with Crippen LogP contribution in [-0.2, 0) is 0 Å². The summed E-state index contributed by atoms with van der Waals surface area (Å²) in [5.74, 6) is 1.75. The number of ether oxygens (including phenoxy) is 1. The average Bonchev–Trinajstić information content (AvgIpc) is 2.25. The van der Waals surface area contributed by atoms with Gasteiger partial charge in [0.2, 0.25) is 0 Å². The van der Waals surface area contributed by atoms with Crippen LogP contribution in [0.3, 0.4) is 0 Å². The summed E-state index contributed by atoms with van der Waals surface area (Å²) >= 11 is 0. The molecular formula is C14H21NO. The van der Waals surface area contributed by atoms with Crippen LogP contribution in [0.1, 0.15) is 38.2 Å². The first-order valence-corrected chi connectivity index (χ1v) is 6.18. The smallest absolute Gasteiger partial charge is 0.124 e. The number of hydrogen-bond acceptors (Lipinski definition) is 2. The van der Waals surface area contributed by atoms with Crippen molar-refractivity contribution in [1.29, 1.82) is 0 Å². The van der Waals surface area contributed by atoms with E-state index in [1.165, 1.54) is 25.7 Å². The van der Waals surface area contributed by atoms with Crippen molar-refractivity contribution in [2.24, 2.45) is 5.92 Å². The molecule has 2 N–H and O–H groups in total. The maximum Gasteiger partial charge on any atom is 0.124 e. The molecule has 2 unspecified atom stereocenters. The van der Waals surface area contributed by atoms with E-state index in [4.69, 9.17) is 10.5 Å². The first-order valence-electron chi connectivity index (χ1n) is 6.18. The van der Waals surface area contributed by atoms with Crippen LogP contribution < -0.4 is 10.5 Å². The standard InChI is InChI=1S/C14H21NO/c1-10-5-3-6-12(9-10)16-14-8-4-7-13(15)11(14)2/h4,7-8,10,12H,3,5-6,9,15H2,1-2H3. The zero-order chi connectivity index (χ0) is 11.5. The highest BCUT2D eigenvalue weighted by atomic mass is 16.5. The molecule has 0 bridgehead atoms. The van der Waals surface area contributed by atoms with Crippen molar-refractivity contribution < 1.29 is 4.74 Å². The molecule has 0 saturated heterocycles. The maximum atomic E-state index is 6.06. The summed E-state index contributed by atoms with van der Waals surface area (Å²) in [5.41, 5.74) is 7.76. The normalized spacial score (nSPS) is 25.4. The van der Waals surface area contributed by atoms with E-state index < -0.39 is 0 Å². The predicted molar refractivity (Wildman–Crippen MR) is 67.6 cm³/mol. The van der Waals surface area contributed by atoms with Gasteiger partial charge in [0.15, 0.2) is 0 Å². The van der Waals surface area contributed by atoms with Crippen molar-refractivity contribution in [2.75, 3.05) is 5.73 Å². The lowest BCUT2D eigenvalue weighted by atomic mass is 9.88. The molecule has 2 rings (SSSR count). The molecule has 88 valence electrons. The minimum Gasteiger partial charge on any atom is -0.490 e. The molecule has 2 heteroatoms. The molecule has 1 aromatic rings. The molecule has 16 heavy (non-hydrogen) atoms. The molecule has 2 atom stereocenters. The molecule has 1 aliphatic rings. The van der Waals surface area contributed by atoms with Gasteiger partial charge in [0.1, 0.15) is 5.75 Å². The van der Waals surface area contributed by atoms with Crippen molar-refractivity contribution in [3.63, 3.8) is 0 Å². The van der Waals surface area contributed by atoms with Crippen molar-refractivity contribution in [3.8, 4) is 5.75 Å². The van der Waals surface area contributed by atoms with Crippen molar-refractivity contribution in [2.45, 2.75) is 45.6 Å². The Morgan fingerprint density at radius 1 is 1.31 bits per heavy atom. The number of hydrogen-bond donors (Lipinski definition) is 1. The first-order chi connectivity index (χ1) is 7.66. The highest BCUT2D eigenvalue weighted by molar-refractivity contribution is 5.53. The Hall–Kier alpha value is -1.18. The molecule has 1 saturated carbocycles. The van der Waals surface area contributed by atoms with Gasteiger partial charge in [-0.15, -0.1) is 0 Å². The second kappa shape index (κ2) is 4.77. The summed E-state index contributed by atoms with van der Waals surface area (Å²) in [7, 11) is 0. The minimum atomic E-state index is 0.379. The summed E-state index contributed by atoms with van der Waals surface area (Å²) in [5, 5.41) is 0. The Labute approximate surface area is 97.8 Å². The Morgan fingerprint density at radius 3 is 2.88 bits per heavy atom. The zero-order valence-electron chi connectivity index (χ0n) is 10.2. The van der Waals surface area contributed by atoms with E-state index in [2.05, 4.69) is 6.92 Å². The Bertz CT molecular complexity index is 362. The van der Waals surface area contributed by atoms with Crippen LogP contribution in [0, 0.1) is 12.8 Å². The monoisotopic (exact) mass is 219 g/mol. The van der Waals surface area contributed by atoms with Crippen LogP contribution in [0.25, 0.3) is 0 Å². The van der Waals surface area contributed by atoms with Crippen LogP contribution >= 0.6 is 0 Å². The van der Waals surface area contributed by atoms with Crippen LogP contribution in [-0.4, -0.2) is 6.10 Å². The molecular weight excluding hydrogens is 198 g/mol. The van der Waals surface area contributed by atoms with E-state index >= 15 is 0 Å². The van der Waals surface area contributed by atoms with Gasteiger partial charge in [-0.1, -0.05) is 19.4 Å². The third-order valence-electron chi connectivity index (χ3n) is 3.51. The maximum absolute atomic E-state index is 6.06. The molecule has 0 radical (unpaired) electrons. The van der Waals surface area contributed by atoms with E-state index in [0.29, 0.717) is 6.10 Å². The predicted octanol–water partition coefficient (Wildman–Crippen LogP) is 3.53. The molecule has 0 spiro atoms. The molecule has 0 aliphatic heterocycles. The van der Waals surface area contributed by atoms with E-state index in [0.717, 1.165) is 22.9 Å².